The van der Waals surface area contributed by atoms with Gasteiger partial charge in [-0.05, 0) is 30.7 Å². The normalized spacial score (nSPS) is 11.4. The van der Waals surface area contributed by atoms with Gasteiger partial charge in [-0.3, -0.25) is 4.79 Å². The molecule has 1 N–H and O–H groups in total. The number of nitrogens with one attached hydrogen (secondary N) is 1. The molecule has 0 saturated heterocycles. The highest BCUT2D eigenvalue weighted by Crippen LogP contribution is 2.24. The quantitative estimate of drug-likeness (QED) is 0.582. The molecule has 0 aliphatic rings. The van der Waals surface area contributed by atoms with E-state index >= 15 is 0 Å². The molecule has 0 aliphatic carbocycles. The van der Waals surface area contributed by atoms with E-state index in [-0.39, 0.29) is 4.87 Å². The molecule has 3 aromatic heterocycles. The molecule has 0 spiro atoms. The summed E-state index contributed by atoms with van der Waals surface area (Å²) in [7, 11) is 0. The van der Waals surface area contributed by atoms with Crippen molar-refractivity contribution >= 4 is 27.2 Å². The maximum absolute atomic E-state index is 11.4. The minimum Gasteiger partial charge on any atom is -0.312 e. The summed E-state index contributed by atoms with van der Waals surface area (Å²) in [6.07, 6.45) is 4.00. The van der Waals surface area contributed by atoms with E-state index in [9.17, 15) is 4.79 Å². The third-order valence-corrected chi connectivity index (χ3v) is 4.26. The summed E-state index contributed by atoms with van der Waals surface area (Å²) < 4.78 is 2.99. The van der Waals surface area contributed by atoms with Crippen LogP contribution in [0.5, 0.6) is 0 Å². The van der Waals surface area contributed by atoms with E-state index in [1.54, 1.807) is 0 Å². The molecule has 3 heterocycles. The van der Waals surface area contributed by atoms with Crippen LogP contribution < -0.4 is 4.87 Å². The Morgan fingerprint density at radius 3 is 3.05 bits per heavy atom. The molecule has 4 nitrogen and oxygen atoms in total. The van der Waals surface area contributed by atoms with E-state index in [4.69, 9.17) is 0 Å². The van der Waals surface area contributed by atoms with Crippen molar-refractivity contribution < 1.29 is 0 Å². The van der Waals surface area contributed by atoms with Crippen LogP contribution in [0.4, 0.5) is 0 Å². The van der Waals surface area contributed by atoms with Crippen molar-refractivity contribution in [3.63, 3.8) is 0 Å². The molecule has 0 radical (unpaired) electrons. The van der Waals surface area contributed by atoms with Gasteiger partial charge < -0.3 is 9.38 Å². The van der Waals surface area contributed by atoms with Crippen molar-refractivity contribution in [1.82, 2.24) is 14.4 Å². The van der Waals surface area contributed by atoms with Gasteiger partial charge >= 0.3 is 4.87 Å². The summed E-state index contributed by atoms with van der Waals surface area (Å²) in [5, 5.41) is 0. The fourth-order valence-electron chi connectivity index (χ4n) is 2.40. The summed E-state index contributed by atoms with van der Waals surface area (Å²) in [4.78, 5) is 18.9. The van der Waals surface area contributed by atoms with Crippen molar-refractivity contribution in [1.29, 1.82) is 0 Å². The van der Waals surface area contributed by atoms with Gasteiger partial charge in [-0.2, -0.15) is 0 Å². The molecule has 0 saturated carbocycles. The van der Waals surface area contributed by atoms with Crippen LogP contribution in [0.3, 0.4) is 0 Å². The lowest BCUT2D eigenvalue weighted by molar-refractivity contribution is 1.16. The molecule has 98 valence electrons. The van der Waals surface area contributed by atoms with E-state index in [1.165, 1.54) is 11.3 Å². The number of H-pyrrole nitrogens is 1. The molecule has 4 rings (SSSR count). The smallest absolute Gasteiger partial charge is 0.305 e. The number of nitrogens with zero attached hydrogens (tertiary/aromatic N) is 2. The zero-order chi connectivity index (χ0) is 13.7. The number of benzene rings is 1. The van der Waals surface area contributed by atoms with Gasteiger partial charge in [0, 0.05) is 18.0 Å². The van der Waals surface area contributed by atoms with Crippen molar-refractivity contribution in [2.45, 2.75) is 6.92 Å². The SMILES string of the molecule is Cc1cccn2cc(-c3ccc4sc(=O)[nH]c4c3)nc12. The monoisotopic (exact) mass is 281 g/mol. The molecule has 1 aromatic carbocycles. The molecule has 0 fully saturated rings. The summed E-state index contributed by atoms with van der Waals surface area (Å²) in [6, 6.07) is 10.00. The van der Waals surface area contributed by atoms with Crippen LogP contribution in [0.15, 0.2) is 47.5 Å². The van der Waals surface area contributed by atoms with Crippen molar-refractivity contribution in [3.8, 4) is 11.3 Å². The summed E-state index contributed by atoms with van der Waals surface area (Å²) >= 11 is 1.23. The van der Waals surface area contributed by atoms with Gasteiger partial charge in [0.1, 0.15) is 5.65 Å². The largest absolute Gasteiger partial charge is 0.312 e. The van der Waals surface area contributed by atoms with Gasteiger partial charge in [-0.1, -0.05) is 23.5 Å². The summed E-state index contributed by atoms with van der Waals surface area (Å²) in [6.45, 7) is 2.05. The van der Waals surface area contributed by atoms with Crippen LogP contribution in [-0.2, 0) is 0 Å². The molecule has 4 aromatic rings. The number of aryl methyl sites for hydroxylation is 1. The molecule has 0 amide bonds. The van der Waals surface area contributed by atoms with E-state index < -0.39 is 0 Å². The Labute approximate surface area is 118 Å². The molecule has 0 unspecified atom stereocenters. The molecule has 0 bridgehead atoms. The highest BCUT2D eigenvalue weighted by atomic mass is 32.1. The summed E-state index contributed by atoms with van der Waals surface area (Å²) in [5.74, 6) is 0. The third-order valence-electron chi connectivity index (χ3n) is 3.39. The van der Waals surface area contributed by atoms with Gasteiger partial charge in [-0.15, -0.1) is 0 Å². The van der Waals surface area contributed by atoms with Crippen LogP contribution >= 0.6 is 11.3 Å². The van der Waals surface area contributed by atoms with Crippen LogP contribution in [0.1, 0.15) is 5.56 Å². The van der Waals surface area contributed by atoms with Crippen LogP contribution in [0.2, 0.25) is 0 Å². The second kappa shape index (κ2) is 4.05. The Morgan fingerprint density at radius 2 is 2.20 bits per heavy atom. The third kappa shape index (κ3) is 1.67. The maximum atomic E-state index is 11.4. The number of aromatic amines is 1. The van der Waals surface area contributed by atoms with E-state index in [1.807, 2.05) is 54.0 Å². The van der Waals surface area contributed by atoms with Crippen molar-refractivity contribution in [2.24, 2.45) is 0 Å². The topological polar surface area (TPSA) is 50.2 Å². The lowest BCUT2D eigenvalue weighted by atomic mass is 10.1. The number of rotatable bonds is 1. The van der Waals surface area contributed by atoms with Gasteiger partial charge in [-0.25, -0.2) is 4.98 Å². The zero-order valence-electron chi connectivity index (χ0n) is 10.8. The second-order valence-electron chi connectivity index (χ2n) is 4.77. The van der Waals surface area contributed by atoms with E-state index in [2.05, 4.69) is 9.97 Å². The van der Waals surface area contributed by atoms with E-state index in [0.717, 1.165) is 32.7 Å². The number of imidazole rings is 1. The second-order valence-corrected chi connectivity index (χ2v) is 5.79. The average Bonchev–Trinajstić information content (AvgIpc) is 3.00. The maximum Gasteiger partial charge on any atom is 0.305 e. The Morgan fingerprint density at radius 1 is 1.30 bits per heavy atom. The Balaban J connectivity index is 1.95. The fourth-order valence-corrected chi connectivity index (χ4v) is 3.12. The number of thiazole rings is 1. The molecule has 0 aliphatic heterocycles. The Hall–Kier alpha value is -2.40. The highest BCUT2D eigenvalue weighted by molar-refractivity contribution is 7.16. The minimum atomic E-state index is -0.0250. The molecule has 5 heteroatoms. The minimum absolute atomic E-state index is 0.0250. The van der Waals surface area contributed by atoms with Crippen LogP contribution in [0, 0.1) is 6.92 Å². The molecule has 0 atom stereocenters. The van der Waals surface area contributed by atoms with Gasteiger partial charge in [0.2, 0.25) is 0 Å². The molecule has 20 heavy (non-hydrogen) atoms. The van der Waals surface area contributed by atoms with Crippen LogP contribution in [0.25, 0.3) is 27.1 Å². The van der Waals surface area contributed by atoms with Crippen molar-refractivity contribution in [2.75, 3.05) is 0 Å². The van der Waals surface area contributed by atoms with Gasteiger partial charge in [0.25, 0.3) is 0 Å². The van der Waals surface area contributed by atoms with Crippen LogP contribution in [-0.4, -0.2) is 14.4 Å². The first-order chi connectivity index (χ1) is 9.70. The van der Waals surface area contributed by atoms with Crippen molar-refractivity contribution in [3.05, 3.63) is 58.0 Å². The average molecular weight is 281 g/mol. The zero-order valence-corrected chi connectivity index (χ0v) is 11.6. The number of hydrogen-bond donors (Lipinski definition) is 1. The van der Waals surface area contributed by atoms with Gasteiger partial charge in [0.15, 0.2) is 0 Å². The Kier molecular flexibility index (Phi) is 2.31. The lowest BCUT2D eigenvalue weighted by Crippen LogP contribution is -1.89. The number of fused-ring (bicyclic) bond motifs is 2. The fraction of sp³-hybridized carbons (Fsp3) is 0.0667. The summed E-state index contributed by atoms with van der Waals surface area (Å²) in [5.41, 5.74) is 4.89. The van der Waals surface area contributed by atoms with E-state index in [0.29, 0.717) is 0 Å². The number of aromatic nitrogens is 3. The standard InChI is InChI=1S/C15H11N3OS/c1-9-3-2-6-18-8-12(16-14(9)18)10-4-5-13-11(7-10)17-15(19)20-13/h2-8H,1H3,(H,17,19). The lowest BCUT2D eigenvalue weighted by Gasteiger charge is -1.95. The predicted molar refractivity (Wildman–Crippen MR) is 81.4 cm³/mol. The Bertz CT molecular complexity index is 993. The first-order valence-corrected chi connectivity index (χ1v) is 7.10. The predicted octanol–water partition coefficient (Wildman–Crippen LogP) is 3.21. The van der Waals surface area contributed by atoms with Gasteiger partial charge in [0.05, 0.1) is 15.9 Å². The highest BCUT2D eigenvalue weighted by Gasteiger charge is 2.07. The number of pyridine rings is 1. The first kappa shape index (κ1) is 11.4. The number of hydrogen-bond acceptors (Lipinski definition) is 3. The molecular formula is C15H11N3OS. The first-order valence-electron chi connectivity index (χ1n) is 6.28. The molecular weight excluding hydrogens is 270 g/mol.